The summed E-state index contributed by atoms with van der Waals surface area (Å²) >= 11 is 7.23. The van der Waals surface area contributed by atoms with Gasteiger partial charge >= 0.3 is 6.03 Å². The summed E-state index contributed by atoms with van der Waals surface area (Å²) in [5.41, 5.74) is 2.37. The molecule has 0 radical (unpaired) electrons. The first kappa shape index (κ1) is 16.3. The third-order valence-corrected chi connectivity index (χ3v) is 4.20. The summed E-state index contributed by atoms with van der Waals surface area (Å²) in [5, 5.41) is 8.53. The first-order chi connectivity index (χ1) is 11.6. The van der Waals surface area contributed by atoms with Crippen LogP contribution < -0.4 is 15.4 Å². The van der Waals surface area contributed by atoms with Crippen LogP contribution in [0, 0.1) is 0 Å². The molecule has 0 aliphatic carbocycles. The predicted octanol–water partition coefficient (Wildman–Crippen LogP) is 5.12. The third-order valence-electron chi connectivity index (χ3n) is 3.19. The first-order valence-electron chi connectivity index (χ1n) is 7.07. The predicted molar refractivity (Wildman–Crippen MR) is 98.2 cm³/mol. The smallest absolute Gasteiger partial charge is 0.325 e. The Hall–Kier alpha value is -2.57. The number of nitrogens with one attached hydrogen (secondary N) is 2. The highest BCUT2D eigenvalue weighted by Crippen LogP contribution is 2.26. The average Bonchev–Trinajstić information content (AvgIpc) is 3.04. The highest BCUT2D eigenvalue weighted by molar-refractivity contribution is 7.14. The molecule has 0 saturated heterocycles. The number of methoxy groups -OCH3 is 1. The van der Waals surface area contributed by atoms with E-state index in [2.05, 4.69) is 15.6 Å². The lowest BCUT2D eigenvalue weighted by molar-refractivity contribution is 0.262. The zero-order valence-electron chi connectivity index (χ0n) is 12.7. The number of thiazole rings is 1. The van der Waals surface area contributed by atoms with E-state index < -0.39 is 0 Å². The Balaban J connectivity index is 1.65. The minimum absolute atomic E-state index is 0.361. The number of rotatable bonds is 4. The SMILES string of the molecule is COc1cccc(NC(=O)Nc2nc(-c3ccc(Cl)cc3)cs2)c1. The lowest BCUT2D eigenvalue weighted by atomic mass is 10.2. The molecule has 3 rings (SSSR count). The number of aromatic nitrogens is 1. The Labute approximate surface area is 148 Å². The van der Waals surface area contributed by atoms with Crippen molar-refractivity contribution in [1.82, 2.24) is 4.98 Å². The fraction of sp³-hybridized carbons (Fsp3) is 0.0588. The van der Waals surface area contributed by atoms with Gasteiger partial charge in [0, 0.05) is 27.7 Å². The largest absolute Gasteiger partial charge is 0.497 e. The van der Waals surface area contributed by atoms with Gasteiger partial charge in [-0.05, 0) is 24.3 Å². The van der Waals surface area contributed by atoms with Crippen molar-refractivity contribution in [2.24, 2.45) is 0 Å². The van der Waals surface area contributed by atoms with Crippen LogP contribution in [-0.2, 0) is 0 Å². The molecule has 2 amide bonds. The third kappa shape index (κ3) is 4.04. The van der Waals surface area contributed by atoms with Crippen molar-refractivity contribution in [3.63, 3.8) is 0 Å². The first-order valence-corrected chi connectivity index (χ1v) is 8.33. The Bertz CT molecular complexity index is 849. The van der Waals surface area contributed by atoms with Gasteiger partial charge in [0.2, 0.25) is 0 Å². The maximum Gasteiger partial charge on any atom is 0.325 e. The van der Waals surface area contributed by atoms with E-state index in [1.165, 1.54) is 11.3 Å². The Morgan fingerprint density at radius 2 is 1.96 bits per heavy atom. The molecule has 0 aliphatic heterocycles. The van der Waals surface area contributed by atoms with Crippen LogP contribution in [0.5, 0.6) is 5.75 Å². The van der Waals surface area contributed by atoms with Crippen LogP contribution in [0.1, 0.15) is 0 Å². The summed E-state index contributed by atoms with van der Waals surface area (Å²) in [6.07, 6.45) is 0. The highest BCUT2D eigenvalue weighted by atomic mass is 35.5. The van der Waals surface area contributed by atoms with Gasteiger partial charge in [-0.15, -0.1) is 11.3 Å². The second-order valence-corrected chi connectivity index (χ2v) is 6.15. The monoisotopic (exact) mass is 359 g/mol. The summed E-state index contributed by atoms with van der Waals surface area (Å²) in [7, 11) is 1.58. The topological polar surface area (TPSA) is 63.2 Å². The molecular weight excluding hydrogens is 346 g/mol. The molecule has 2 aromatic carbocycles. The van der Waals surface area contributed by atoms with E-state index in [1.807, 2.05) is 23.6 Å². The van der Waals surface area contributed by atoms with Crippen molar-refractivity contribution in [3.8, 4) is 17.0 Å². The second kappa shape index (κ2) is 7.33. The summed E-state index contributed by atoms with van der Waals surface area (Å²) in [4.78, 5) is 16.5. The van der Waals surface area contributed by atoms with E-state index >= 15 is 0 Å². The number of urea groups is 1. The molecule has 0 unspecified atom stereocenters. The normalized spacial score (nSPS) is 10.2. The average molecular weight is 360 g/mol. The maximum absolute atomic E-state index is 12.1. The molecule has 0 aliphatic rings. The van der Waals surface area contributed by atoms with Crippen molar-refractivity contribution in [2.45, 2.75) is 0 Å². The van der Waals surface area contributed by atoms with Gasteiger partial charge in [0.1, 0.15) is 5.75 Å². The van der Waals surface area contributed by atoms with Crippen LogP contribution in [0.25, 0.3) is 11.3 Å². The molecule has 5 nitrogen and oxygen atoms in total. The Kier molecular flexibility index (Phi) is 4.98. The van der Waals surface area contributed by atoms with Crippen molar-refractivity contribution >= 4 is 39.8 Å². The fourth-order valence-electron chi connectivity index (χ4n) is 2.04. The quantitative estimate of drug-likeness (QED) is 0.679. The summed E-state index contributed by atoms with van der Waals surface area (Å²) in [6, 6.07) is 14.1. The Morgan fingerprint density at radius 3 is 2.71 bits per heavy atom. The minimum Gasteiger partial charge on any atom is -0.497 e. The van der Waals surface area contributed by atoms with Crippen LogP contribution in [0.15, 0.2) is 53.9 Å². The molecule has 2 N–H and O–H groups in total. The van der Waals surface area contributed by atoms with Gasteiger partial charge in [0.25, 0.3) is 0 Å². The number of hydrogen-bond acceptors (Lipinski definition) is 4. The van der Waals surface area contributed by atoms with Crippen LogP contribution in [0.2, 0.25) is 5.02 Å². The Morgan fingerprint density at radius 1 is 1.17 bits per heavy atom. The van der Waals surface area contributed by atoms with Gasteiger partial charge < -0.3 is 10.1 Å². The van der Waals surface area contributed by atoms with Gasteiger partial charge in [0.05, 0.1) is 12.8 Å². The minimum atomic E-state index is -0.361. The van der Waals surface area contributed by atoms with Gasteiger partial charge in [-0.2, -0.15) is 0 Å². The van der Waals surface area contributed by atoms with Gasteiger partial charge in [-0.25, -0.2) is 9.78 Å². The number of hydrogen-bond donors (Lipinski definition) is 2. The maximum atomic E-state index is 12.1. The molecule has 1 heterocycles. The number of benzene rings is 2. The number of carbonyl (C=O) groups excluding carboxylic acids is 1. The van der Waals surface area contributed by atoms with Crippen molar-refractivity contribution in [2.75, 3.05) is 17.7 Å². The molecule has 0 saturated carbocycles. The molecule has 0 bridgehead atoms. The van der Waals surface area contributed by atoms with Gasteiger partial charge in [0.15, 0.2) is 5.13 Å². The van der Waals surface area contributed by atoms with Gasteiger partial charge in [-0.1, -0.05) is 29.8 Å². The van der Waals surface area contributed by atoms with E-state index in [4.69, 9.17) is 16.3 Å². The number of nitrogens with zero attached hydrogens (tertiary/aromatic N) is 1. The van der Waals surface area contributed by atoms with Crippen LogP contribution in [-0.4, -0.2) is 18.1 Å². The standard InChI is InChI=1S/C17H14ClN3O2S/c1-23-14-4-2-3-13(9-14)19-16(22)21-17-20-15(10-24-17)11-5-7-12(18)8-6-11/h2-10H,1H3,(H2,19,20,21,22). The van der Waals surface area contributed by atoms with Crippen LogP contribution >= 0.6 is 22.9 Å². The van der Waals surface area contributed by atoms with E-state index in [-0.39, 0.29) is 6.03 Å². The summed E-state index contributed by atoms with van der Waals surface area (Å²) in [6.45, 7) is 0. The zero-order valence-corrected chi connectivity index (χ0v) is 14.3. The molecule has 122 valence electrons. The van der Waals surface area contributed by atoms with Crippen LogP contribution in [0.4, 0.5) is 15.6 Å². The molecule has 0 atom stereocenters. The van der Waals surface area contributed by atoms with Crippen molar-refractivity contribution < 1.29 is 9.53 Å². The number of halogens is 1. The molecule has 0 fully saturated rings. The molecule has 3 aromatic rings. The molecule has 0 spiro atoms. The van der Waals surface area contributed by atoms with E-state index in [1.54, 1.807) is 37.4 Å². The summed E-state index contributed by atoms with van der Waals surface area (Å²) < 4.78 is 5.12. The van der Waals surface area contributed by atoms with E-state index in [0.29, 0.717) is 21.6 Å². The summed E-state index contributed by atoms with van der Waals surface area (Å²) in [5.74, 6) is 0.673. The number of amides is 2. The molecule has 1 aromatic heterocycles. The zero-order chi connectivity index (χ0) is 16.9. The van der Waals surface area contributed by atoms with E-state index in [0.717, 1.165) is 11.3 Å². The number of anilines is 2. The van der Waals surface area contributed by atoms with Crippen LogP contribution in [0.3, 0.4) is 0 Å². The highest BCUT2D eigenvalue weighted by Gasteiger charge is 2.08. The molecule has 24 heavy (non-hydrogen) atoms. The number of carbonyl (C=O) groups is 1. The van der Waals surface area contributed by atoms with Gasteiger partial charge in [-0.3, -0.25) is 5.32 Å². The van der Waals surface area contributed by atoms with Crippen molar-refractivity contribution in [1.29, 1.82) is 0 Å². The number of ether oxygens (including phenoxy) is 1. The lowest BCUT2D eigenvalue weighted by Gasteiger charge is -2.06. The fourth-order valence-corrected chi connectivity index (χ4v) is 2.89. The molecule has 7 heteroatoms. The molecular formula is C17H14ClN3O2S. The van der Waals surface area contributed by atoms with E-state index in [9.17, 15) is 4.79 Å². The second-order valence-electron chi connectivity index (χ2n) is 4.86. The lowest BCUT2D eigenvalue weighted by Crippen LogP contribution is -2.19. The van der Waals surface area contributed by atoms with Crippen molar-refractivity contribution in [3.05, 3.63) is 58.9 Å².